The van der Waals surface area contributed by atoms with Gasteiger partial charge < -0.3 is 5.11 Å². The highest BCUT2D eigenvalue weighted by Gasteiger charge is 2.42. The highest BCUT2D eigenvalue weighted by atomic mass is 19.1. The number of hydrogen-bond donors (Lipinski definition) is 1. The minimum absolute atomic E-state index is 0.0939. The Morgan fingerprint density at radius 2 is 1.66 bits per heavy atom. The van der Waals surface area contributed by atoms with Crippen LogP contribution in [0.2, 0.25) is 0 Å². The molecule has 0 spiro atoms. The van der Waals surface area contributed by atoms with E-state index >= 15 is 0 Å². The fourth-order valence-corrected chi connectivity index (χ4v) is 5.16. The largest absolute Gasteiger partial charge is 0.511 e. The van der Waals surface area contributed by atoms with Crippen molar-refractivity contribution in [2.24, 2.45) is 11.8 Å². The van der Waals surface area contributed by atoms with E-state index in [-0.39, 0.29) is 34.9 Å². The van der Waals surface area contributed by atoms with Gasteiger partial charge in [0.2, 0.25) is 0 Å². The molecule has 4 nitrogen and oxygen atoms in total. The van der Waals surface area contributed by atoms with Crippen molar-refractivity contribution in [1.82, 2.24) is 9.97 Å². The third-order valence-electron chi connectivity index (χ3n) is 6.82. The van der Waals surface area contributed by atoms with Gasteiger partial charge in [-0.05, 0) is 49.4 Å². The van der Waals surface area contributed by atoms with Gasteiger partial charge in [0.05, 0.1) is 28.6 Å². The quantitative estimate of drug-likeness (QED) is 0.534. The van der Waals surface area contributed by atoms with Gasteiger partial charge in [-0.1, -0.05) is 31.2 Å². The summed E-state index contributed by atoms with van der Waals surface area (Å²) in [6.45, 7) is 1.92. The molecule has 160 valence electrons. The van der Waals surface area contributed by atoms with Crippen molar-refractivity contribution < 1.29 is 13.9 Å². The average molecular weight is 429 g/mol. The Balaban J connectivity index is 1.77. The molecule has 2 aromatic carbocycles. The number of aromatic nitrogens is 2. The maximum atomic E-state index is 14.8. The Labute approximate surface area is 184 Å². The van der Waals surface area contributed by atoms with E-state index in [2.05, 4.69) is 11.1 Å². The summed E-state index contributed by atoms with van der Waals surface area (Å²) < 4.78 is 29.4. The number of aliphatic hydroxyl groups is 1. The second-order valence-corrected chi connectivity index (χ2v) is 8.50. The molecule has 1 heterocycles. The normalized spacial score (nSPS) is 22.1. The number of nitriles is 1. The summed E-state index contributed by atoms with van der Waals surface area (Å²) in [5.74, 6) is -0.718. The predicted octanol–water partition coefficient (Wildman–Crippen LogP) is 6.11. The molecule has 5 rings (SSSR count). The van der Waals surface area contributed by atoms with Crippen LogP contribution in [0.25, 0.3) is 22.6 Å². The van der Waals surface area contributed by atoms with Gasteiger partial charge in [-0.3, -0.25) is 0 Å². The van der Waals surface area contributed by atoms with Crippen molar-refractivity contribution in [1.29, 1.82) is 5.26 Å². The van der Waals surface area contributed by atoms with Crippen molar-refractivity contribution in [2.45, 2.75) is 32.1 Å². The van der Waals surface area contributed by atoms with E-state index in [4.69, 9.17) is 4.98 Å². The summed E-state index contributed by atoms with van der Waals surface area (Å²) >= 11 is 0. The molecule has 1 aromatic heterocycles. The van der Waals surface area contributed by atoms with Crippen LogP contribution in [0, 0.1) is 34.8 Å². The second kappa shape index (κ2) is 7.83. The van der Waals surface area contributed by atoms with Crippen LogP contribution in [0.15, 0.2) is 59.9 Å². The molecule has 3 atom stereocenters. The maximum absolute atomic E-state index is 14.8. The standard InChI is InChI=1S/C26H21F2N3O/c1-14-16-10-11-19-23(17-6-2-4-8-21(17)27)30-26(18-7-3-5-9-22(18)28)31-24(19)20(16)12-15(13-29)25(14)32/h2-9,14,16,20,32H,10-12H2,1H3. The van der Waals surface area contributed by atoms with E-state index in [1.807, 2.05) is 6.92 Å². The van der Waals surface area contributed by atoms with Crippen LogP contribution in [0.1, 0.15) is 36.9 Å². The molecule has 32 heavy (non-hydrogen) atoms. The molecule has 0 amide bonds. The van der Waals surface area contributed by atoms with Gasteiger partial charge in [-0.2, -0.15) is 5.26 Å². The zero-order valence-electron chi connectivity index (χ0n) is 17.5. The number of aliphatic hydroxyl groups excluding tert-OH is 1. The minimum atomic E-state index is -0.452. The fourth-order valence-electron chi connectivity index (χ4n) is 5.16. The molecule has 6 heteroatoms. The van der Waals surface area contributed by atoms with Crippen molar-refractivity contribution in [3.05, 3.63) is 82.8 Å². The molecule has 1 N–H and O–H groups in total. The summed E-state index contributed by atoms with van der Waals surface area (Å²) in [5, 5.41) is 20.0. The van der Waals surface area contributed by atoms with Crippen LogP contribution in [-0.2, 0) is 6.42 Å². The first-order valence-corrected chi connectivity index (χ1v) is 10.7. The van der Waals surface area contributed by atoms with Crippen LogP contribution in [0.5, 0.6) is 0 Å². The van der Waals surface area contributed by atoms with Gasteiger partial charge in [0.25, 0.3) is 0 Å². The highest BCUT2D eigenvalue weighted by molar-refractivity contribution is 5.69. The van der Waals surface area contributed by atoms with Gasteiger partial charge in [0, 0.05) is 23.0 Å². The molecule has 0 fully saturated rings. The number of halogens is 2. The Kier molecular flexibility index (Phi) is 4.97. The number of allylic oxidation sites excluding steroid dienone is 2. The number of nitrogens with zero attached hydrogens (tertiary/aromatic N) is 3. The SMILES string of the molecule is CC1C(O)=C(C#N)CC2c3nc(-c4ccccc4F)nc(-c4ccccc4F)c3CCC12. The molecule has 2 aliphatic carbocycles. The molecule has 2 aliphatic rings. The maximum Gasteiger partial charge on any atom is 0.163 e. The van der Waals surface area contributed by atoms with Gasteiger partial charge in [-0.25, -0.2) is 18.7 Å². The third kappa shape index (κ3) is 3.16. The number of rotatable bonds is 2. The molecule has 0 aliphatic heterocycles. The molecular formula is C26H21F2N3O. The van der Waals surface area contributed by atoms with Gasteiger partial charge in [0.1, 0.15) is 17.4 Å². The van der Waals surface area contributed by atoms with Crippen LogP contribution in [0.3, 0.4) is 0 Å². The number of hydrogen-bond acceptors (Lipinski definition) is 4. The van der Waals surface area contributed by atoms with E-state index in [0.717, 1.165) is 17.7 Å². The topological polar surface area (TPSA) is 69.8 Å². The number of benzene rings is 2. The Morgan fingerprint density at radius 1 is 1.00 bits per heavy atom. The first-order valence-electron chi connectivity index (χ1n) is 10.7. The summed E-state index contributed by atoms with van der Waals surface area (Å²) in [6.07, 6.45) is 1.75. The first kappa shape index (κ1) is 20.3. The van der Waals surface area contributed by atoms with Gasteiger partial charge in [-0.15, -0.1) is 0 Å². The lowest BCUT2D eigenvalue weighted by Crippen LogP contribution is -2.33. The molecule has 0 radical (unpaired) electrons. The first-order chi connectivity index (χ1) is 15.5. The fraction of sp³-hybridized carbons (Fsp3) is 0.269. The van der Waals surface area contributed by atoms with Gasteiger partial charge >= 0.3 is 0 Å². The zero-order chi connectivity index (χ0) is 22.4. The molecule has 0 saturated carbocycles. The van der Waals surface area contributed by atoms with E-state index in [1.54, 1.807) is 36.4 Å². The molecule has 3 unspecified atom stereocenters. The molecule has 0 bridgehead atoms. The lowest BCUT2D eigenvalue weighted by Gasteiger charge is -2.40. The Bertz CT molecular complexity index is 1290. The van der Waals surface area contributed by atoms with Crippen LogP contribution in [-0.4, -0.2) is 15.1 Å². The molecule has 3 aromatic rings. The van der Waals surface area contributed by atoms with E-state index in [1.165, 1.54) is 12.1 Å². The van der Waals surface area contributed by atoms with E-state index < -0.39 is 11.6 Å². The molecular weight excluding hydrogens is 408 g/mol. The summed E-state index contributed by atoms with van der Waals surface area (Å²) in [7, 11) is 0. The van der Waals surface area contributed by atoms with Crippen LogP contribution >= 0.6 is 0 Å². The zero-order valence-corrected chi connectivity index (χ0v) is 17.5. The summed E-state index contributed by atoms with van der Waals surface area (Å²) in [6, 6.07) is 14.8. The van der Waals surface area contributed by atoms with Crippen molar-refractivity contribution >= 4 is 0 Å². The van der Waals surface area contributed by atoms with Crippen LogP contribution < -0.4 is 0 Å². The van der Waals surface area contributed by atoms with Crippen molar-refractivity contribution in [3.63, 3.8) is 0 Å². The number of fused-ring (bicyclic) bond motifs is 3. The average Bonchev–Trinajstić information content (AvgIpc) is 2.81. The predicted molar refractivity (Wildman–Crippen MR) is 116 cm³/mol. The molecule has 0 saturated heterocycles. The van der Waals surface area contributed by atoms with Crippen LogP contribution in [0.4, 0.5) is 8.78 Å². The summed E-state index contributed by atoms with van der Waals surface area (Å²) in [4.78, 5) is 9.43. The van der Waals surface area contributed by atoms with E-state index in [0.29, 0.717) is 29.7 Å². The minimum Gasteiger partial charge on any atom is -0.511 e. The lowest BCUT2D eigenvalue weighted by atomic mass is 9.65. The van der Waals surface area contributed by atoms with Gasteiger partial charge in [0.15, 0.2) is 5.82 Å². The van der Waals surface area contributed by atoms with E-state index in [9.17, 15) is 19.1 Å². The smallest absolute Gasteiger partial charge is 0.163 e. The Hall–Kier alpha value is -3.59. The van der Waals surface area contributed by atoms with Crippen molar-refractivity contribution in [2.75, 3.05) is 0 Å². The highest BCUT2D eigenvalue weighted by Crippen LogP contribution is 2.50. The Morgan fingerprint density at radius 3 is 2.31 bits per heavy atom. The third-order valence-corrected chi connectivity index (χ3v) is 6.82. The summed E-state index contributed by atoms with van der Waals surface area (Å²) in [5.41, 5.74) is 2.98. The monoisotopic (exact) mass is 429 g/mol. The lowest BCUT2D eigenvalue weighted by molar-refractivity contribution is 0.198. The van der Waals surface area contributed by atoms with Crippen molar-refractivity contribution in [3.8, 4) is 28.7 Å². The second-order valence-electron chi connectivity index (χ2n) is 8.50.